The van der Waals surface area contributed by atoms with Crippen LogP contribution < -0.4 is 4.74 Å². The van der Waals surface area contributed by atoms with Gasteiger partial charge in [0.1, 0.15) is 19.0 Å². The van der Waals surface area contributed by atoms with Gasteiger partial charge in [0, 0.05) is 12.1 Å². The Bertz CT molecular complexity index is 919. The Kier molecular flexibility index (Phi) is 4.53. The molecule has 1 saturated heterocycles. The van der Waals surface area contributed by atoms with E-state index in [2.05, 4.69) is 9.97 Å². The lowest BCUT2D eigenvalue weighted by molar-refractivity contribution is -0.0412. The van der Waals surface area contributed by atoms with Gasteiger partial charge in [-0.05, 0) is 25.1 Å². The fourth-order valence-corrected chi connectivity index (χ4v) is 3.01. The monoisotopic (exact) mass is 353 g/mol. The Morgan fingerprint density at radius 1 is 1.31 bits per heavy atom. The standard InChI is InChI=1S/C19H19N3O4/c1-13-6-8-25-17(13)19(23)22-7-9-24-14(10-22)11-26-18-15-4-2-3-5-16(15)20-12-21-18/h2-6,8,12,14H,7,9-11H2,1H3. The number of aryl methyl sites for hydroxylation is 1. The van der Waals surface area contributed by atoms with Crippen LogP contribution in [-0.4, -0.2) is 53.2 Å². The zero-order valence-electron chi connectivity index (χ0n) is 14.4. The highest BCUT2D eigenvalue weighted by atomic mass is 16.5. The molecule has 0 saturated carbocycles. The molecule has 4 rings (SSSR count). The number of ether oxygens (including phenoxy) is 2. The Morgan fingerprint density at radius 2 is 2.19 bits per heavy atom. The van der Waals surface area contributed by atoms with Crippen LogP contribution in [0.2, 0.25) is 0 Å². The number of nitrogens with zero attached hydrogens (tertiary/aromatic N) is 3. The predicted molar refractivity (Wildman–Crippen MR) is 94.1 cm³/mol. The summed E-state index contributed by atoms with van der Waals surface area (Å²) in [6, 6.07) is 9.45. The third-order valence-corrected chi connectivity index (χ3v) is 4.39. The minimum Gasteiger partial charge on any atom is -0.474 e. The van der Waals surface area contributed by atoms with E-state index in [1.54, 1.807) is 11.0 Å². The number of rotatable bonds is 4. The SMILES string of the molecule is Cc1ccoc1C(=O)N1CCOC(COc2ncnc3ccccc23)C1. The van der Waals surface area contributed by atoms with Gasteiger partial charge in [-0.25, -0.2) is 9.97 Å². The Balaban J connectivity index is 1.42. The van der Waals surface area contributed by atoms with Crippen molar-refractivity contribution in [2.24, 2.45) is 0 Å². The molecule has 1 aromatic carbocycles. The summed E-state index contributed by atoms with van der Waals surface area (Å²) in [5.41, 5.74) is 1.66. The number of carbonyl (C=O) groups excluding carboxylic acids is 1. The van der Waals surface area contributed by atoms with E-state index in [9.17, 15) is 4.79 Å². The van der Waals surface area contributed by atoms with Crippen molar-refractivity contribution in [3.8, 4) is 5.88 Å². The molecule has 2 aromatic heterocycles. The van der Waals surface area contributed by atoms with E-state index < -0.39 is 0 Å². The molecule has 1 aliphatic rings. The van der Waals surface area contributed by atoms with Crippen molar-refractivity contribution in [2.75, 3.05) is 26.3 Å². The van der Waals surface area contributed by atoms with Crippen molar-refractivity contribution in [3.63, 3.8) is 0 Å². The number of furan rings is 1. The predicted octanol–water partition coefficient (Wildman–Crippen LogP) is 2.45. The molecule has 0 radical (unpaired) electrons. The zero-order valence-corrected chi connectivity index (χ0v) is 14.4. The lowest BCUT2D eigenvalue weighted by Gasteiger charge is -2.32. The number of amides is 1. The molecule has 134 valence electrons. The van der Waals surface area contributed by atoms with Gasteiger partial charge in [-0.3, -0.25) is 4.79 Å². The summed E-state index contributed by atoms with van der Waals surface area (Å²) in [5.74, 6) is 0.783. The molecule has 0 bridgehead atoms. The normalized spacial score (nSPS) is 17.4. The summed E-state index contributed by atoms with van der Waals surface area (Å²) in [6.07, 6.45) is 2.79. The fourth-order valence-electron chi connectivity index (χ4n) is 3.01. The first-order valence-electron chi connectivity index (χ1n) is 8.50. The number of benzene rings is 1. The molecule has 0 spiro atoms. The van der Waals surface area contributed by atoms with E-state index in [1.807, 2.05) is 31.2 Å². The minimum atomic E-state index is -0.225. The van der Waals surface area contributed by atoms with Gasteiger partial charge in [0.15, 0.2) is 5.76 Å². The lowest BCUT2D eigenvalue weighted by Crippen LogP contribution is -2.47. The highest BCUT2D eigenvalue weighted by Gasteiger charge is 2.28. The van der Waals surface area contributed by atoms with Crippen molar-refractivity contribution in [3.05, 3.63) is 54.2 Å². The van der Waals surface area contributed by atoms with Crippen LogP contribution in [0.4, 0.5) is 0 Å². The molecule has 0 N–H and O–H groups in total. The average Bonchev–Trinajstić information content (AvgIpc) is 3.12. The van der Waals surface area contributed by atoms with Crippen LogP contribution in [0.1, 0.15) is 16.1 Å². The van der Waals surface area contributed by atoms with Gasteiger partial charge >= 0.3 is 0 Å². The van der Waals surface area contributed by atoms with Crippen LogP contribution >= 0.6 is 0 Å². The van der Waals surface area contributed by atoms with Crippen LogP contribution in [0.15, 0.2) is 47.3 Å². The third kappa shape index (κ3) is 3.25. The Hall–Kier alpha value is -2.93. The number of aromatic nitrogens is 2. The summed E-state index contributed by atoms with van der Waals surface area (Å²) in [4.78, 5) is 22.8. The molecule has 1 amide bonds. The molecule has 7 nitrogen and oxygen atoms in total. The van der Waals surface area contributed by atoms with Crippen LogP contribution in [-0.2, 0) is 4.74 Å². The van der Waals surface area contributed by atoms with Gasteiger partial charge in [-0.1, -0.05) is 12.1 Å². The summed E-state index contributed by atoms with van der Waals surface area (Å²) >= 11 is 0. The van der Waals surface area contributed by atoms with E-state index in [1.165, 1.54) is 12.6 Å². The molecule has 0 aliphatic carbocycles. The first-order valence-corrected chi connectivity index (χ1v) is 8.50. The Morgan fingerprint density at radius 3 is 3.04 bits per heavy atom. The van der Waals surface area contributed by atoms with E-state index in [4.69, 9.17) is 13.9 Å². The molecule has 26 heavy (non-hydrogen) atoms. The average molecular weight is 353 g/mol. The van der Waals surface area contributed by atoms with E-state index in [-0.39, 0.29) is 12.0 Å². The number of hydrogen-bond acceptors (Lipinski definition) is 6. The third-order valence-electron chi connectivity index (χ3n) is 4.39. The summed E-state index contributed by atoms with van der Waals surface area (Å²) < 4.78 is 16.9. The van der Waals surface area contributed by atoms with Crippen molar-refractivity contribution in [2.45, 2.75) is 13.0 Å². The largest absolute Gasteiger partial charge is 0.474 e. The van der Waals surface area contributed by atoms with Crippen LogP contribution in [0.5, 0.6) is 5.88 Å². The van der Waals surface area contributed by atoms with Crippen molar-refractivity contribution >= 4 is 16.8 Å². The van der Waals surface area contributed by atoms with Gasteiger partial charge < -0.3 is 18.8 Å². The first-order chi connectivity index (χ1) is 12.7. The van der Waals surface area contributed by atoms with Crippen molar-refractivity contribution < 1.29 is 18.7 Å². The van der Waals surface area contributed by atoms with Gasteiger partial charge in [0.25, 0.3) is 5.91 Å². The highest BCUT2D eigenvalue weighted by molar-refractivity contribution is 5.92. The fraction of sp³-hybridized carbons (Fsp3) is 0.316. The lowest BCUT2D eigenvalue weighted by atomic mass is 10.2. The summed E-state index contributed by atoms with van der Waals surface area (Å²) in [5, 5.41) is 0.852. The maximum Gasteiger partial charge on any atom is 0.289 e. The second-order valence-electron chi connectivity index (χ2n) is 6.18. The number of hydrogen-bond donors (Lipinski definition) is 0. The van der Waals surface area contributed by atoms with E-state index >= 15 is 0 Å². The van der Waals surface area contributed by atoms with Crippen molar-refractivity contribution in [1.29, 1.82) is 0 Å². The Labute approximate surface area is 150 Å². The first kappa shape index (κ1) is 16.5. The second-order valence-corrected chi connectivity index (χ2v) is 6.18. The molecule has 7 heteroatoms. The second kappa shape index (κ2) is 7.13. The van der Waals surface area contributed by atoms with Crippen LogP contribution in [0.25, 0.3) is 10.9 Å². The van der Waals surface area contributed by atoms with E-state index in [0.29, 0.717) is 37.9 Å². The van der Waals surface area contributed by atoms with Gasteiger partial charge in [0.2, 0.25) is 5.88 Å². The molecule has 1 fully saturated rings. The number of morpholine rings is 1. The maximum atomic E-state index is 12.6. The molecular weight excluding hydrogens is 334 g/mol. The molecule has 1 aliphatic heterocycles. The summed E-state index contributed by atoms with van der Waals surface area (Å²) in [7, 11) is 0. The highest BCUT2D eigenvalue weighted by Crippen LogP contribution is 2.21. The number of para-hydroxylation sites is 1. The van der Waals surface area contributed by atoms with Gasteiger partial charge in [-0.2, -0.15) is 0 Å². The molecule has 3 aromatic rings. The molecule has 3 heterocycles. The maximum absolute atomic E-state index is 12.6. The summed E-state index contributed by atoms with van der Waals surface area (Å²) in [6.45, 7) is 3.61. The quantitative estimate of drug-likeness (QED) is 0.717. The number of fused-ring (bicyclic) bond motifs is 1. The van der Waals surface area contributed by atoms with Crippen molar-refractivity contribution in [1.82, 2.24) is 14.9 Å². The van der Waals surface area contributed by atoms with E-state index in [0.717, 1.165) is 16.5 Å². The minimum absolute atomic E-state index is 0.117. The van der Waals surface area contributed by atoms with Crippen LogP contribution in [0, 0.1) is 6.92 Å². The number of carbonyl (C=O) groups is 1. The van der Waals surface area contributed by atoms with Crippen LogP contribution in [0.3, 0.4) is 0 Å². The van der Waals surface area contributed by atoms with Gasteiger partial charge in [0.05, 0.1) is 30.3 Å². The molecular formula is C19H19N3O4. The molecule has 1 unspecified atom stereocenters. The smallest absolute Gasteiger partial charge is 0.289 e. The van der Waals surface area contributed by atoms with Gasteiger partial charge in [-0.15, -0.1) is 0 Å². The topological polar surface area (TPSA) is 77.7 Å². The zero-order chi connectivity index (χ0) is 17.9. The molecule has 1 atom stereocenters.